The van der Waals surface area contributed by atoms with Gasteiger partial charge in [0.2, 0.25) is 5.91 Å². The largest absolute Gasteiger partial charge is 0.481 e. The lowest BCUT2D eigenvalue weighted by atomic mass is 9.77. The van der Waals surface area contributed by atoms with E-state index in [9.17, 15) is 9.59 Å². The first-order valence-electron chi connectivity index (χ1n) is 11.1. The van der Waals surface area contributed by atoms with Crippen LogP contribution in [0.4, 0.5) is 0 Å². The Bertz CT molecular complexity index is 582. The standard InChI is InChI=1S/C22H36N2O3S2/c1-2-3-6-10-21(28)24-15-20(25)23-14-17-16(18-12-13-19(17)29-18)9-7-4-5-8-11-22(26)27/h4,7,16-19H,2-3,5-6,8-15H2,1H3,(H,23,25)(H,24,28)(H,26,27)/b7-4-/t16-,17+,18-,19+/m1/s1. The molecule has 2 fully saturated rings. The van der Waals surface area contributed by atoms with Crippen molar-refractivity contribution in [3.05, 3.63) is 12.2 Å². The quantitative estimate of drug-likeness (QED) is 0.212. The third-order valence-corrected chi connectivity index (χ3v) is 8.13. The molecule has 2 aliphatic heterocycles. The molecule has 0 aliphatic carbocycles. The van der Waals surface area contributed by atoms with Crippen molar-refractivity contribution < 1.29 is 14.7 Å². The van der Waals surface area contributed by atoms with E-state index in [4.69, 9.17) is 17.3 Å². The van der Waals surface area contributed by atoms with E-state index in [0.717, 1.165) is 37.2 Å². The second-order valence-corrected chi connectivity index (χ2v) is 10.1. The van der Waals surface area contributed by atoms with Gasteiger partial charge in [0, 0.05) is 23.5 Å². The van der Waals surface area contributed by atoms with Crippen LogP contribution in [0.15, 0.2) is 12.2 Å². The Morgan fingerprint density at radius 1 is 1.07 bits per heavy atom. The summed E-state index contributed by atoms with van der Waals surface area (Å²) in [6, 6.07) is 0. The number of rotatable bonds is 14. The zero-order chi connectivity index (χ0) is 21.1. The fourth-order valence-corrected chi connectivity index (χ4v) is 6.54. The highest BCUT2D eigenvalue weighted by Gasteiger charge is 2.47. The van der Waals surface area contributed by atoms with E-state index in [2.05, 4.69) is 41.5 Å². The van der Waals surface area contributed by atoms with E-state index in [0.29, 0.717) is 28.8 Å². The molecule has 3 N–H and O–H groups in total. The predicted octanol–water partition coefficient (Wildman–Crippen LogP) is 4.31. The molecule has 0 aromatic carbocycles. The number of carbonyl (C=O) groups excluding carboxylic acids is 1. The van der Waals surface area contributed by atoms with Gasteiger partial charge in [-0.1, -0.05) is 44.1 Å². The summed E-state index contributed by atoms with van der Waals surface area (Å²) in [5, 5.41) is 16.3. The van der Waals surface area contributed by atoms with E-state index in [1.54, 1.807) is 0 Å². The van der Waals surface area contributed by atoms with Gasteiger partial charge in [0.25, 0.3) is 0 Å². The lowest BCUT2D eigenvalue weighted by molar-refractivity contribution is -0.137. The Morgan fingerprint density at radius 2 is 1.83 bits per heavy atom. The molecule has 2 saturated heterocycles. The normalized spacial score (nSPS) is 25.4. The molecule has 0 spiro atoms. The van der Waals surface area contributed by atoms with Crippen LogP contribution in [0.25, 0.3) is 0 Å². The number of nitrogens with one attached hydrogen (secondary N) is 2. The number of carbonyl (C=O) groups is 2. The van der Waals surface area contributed by atoms with Crippen molar-refractivity contribution in [2.24, 2.45) is 11.8 Å². The van der Waals surface area contributed by atoms with Crippen molar-refractivity contribution >= 4 is 40.8 Å². The average Bonchev–Trinajstić information content (AvgIpc) is 3.29. The summed E-state index contributed by atoms with van der Waals surface area (Å²) < 4.78 is 0. The molecule has 5 nitrogen and oxygen atoms in total. The number of allylic oxidation sites excluding steroid dienone is 2. The number of carboxylic acid groups (broad SMARTS) is 1. The summed E-state index contributed by atoms with van der Waals surface area (Å²) >= 11 is 7.40. The first kappa shape index (κ1) is 24.2. The Hall–Kier alpha value is -1.08. The number of hydrogen-bond acceptors (Lipinski definition) is 4. The molecule has 2 rings (SSSR count). The SMILES string of the molecule is CCCCCC(=S)NCC(=O)NC[C@H]1[C@@H](C/C=C\CCCC(=O)O)[C@H]2CC[C@@H]1S2. The summed E-state index contributed by atoms with van der Waals surface area (Å²) in [6.45, 7) is 3.18. The fraction of sp³-hybridized carbons (Fsp3) is 0.773. The molecule has 164 valence electrons. The molecule has 0 aromatic heterocycles. The number of hydrogen-bond donors (Lipinski definition) is 3. The van der Waals surface area contributed by atoms with Gasteiger partial charge in [-0.2, -0.15) is 11.8 Å². The van der Waals surface area contributed by atoms with Crippen LogP contribution in [-0.2, 0) is 9.59 Å². The first-order valence-corrected chi connectivity index (χ1v) is 12.4. The second-order valence-electron chi connectivity index (χ2n) is 8.15. The van der Waals surface area contributed by atoms with Gasteiger partial charge in [-0.05, 0) is 56.8 Å². The van der Waals surface area contributed by atoms with Crippen LogP contribution in [-0.4, -0.2) is 45.6 Å². The number of thioether (sulfide) groups is 1. The van der Waals surface area contributed by atoms with Gasteiger partial charge >= 0.3 is 5.97 Å². The summed E-state index contributed by atoms with van der Waals surface area (Å²) in [7, 11) is 0. The van der Waals surface area contributed by atoms with E-state index in [1.165, 1.54) is 25.7 Å². The molecule has 7 heteroatoms. The summed E-state index contributed by atoms with van der Waals surface area (Å²) in [6.07, 6.45) is 14.0. The van der Waals surface area contributed by atoms with Gasteiger partial charge in [0.05, 0.1) is 11.5 Å². The molecular weight excluding hydrogens is 404 g/mol. The predicted molar refractivity (Wildman–Crippen MR) is 124 cm³/mol. The van der Waals surface area contributed by atoms with E-state index in [1.807, 2.05) is 0 Å². The number of carboxylic acids is 1. The minimum Gasteiger partial charge on any atom is -0.481 e. The minimum absolute atomic E-state index is 0.0265. The Morgan fingerprint density at radius 3 is 2.55 bits per heavy atom. The molecule has 2 bridgehead atoms. The molecular formula is C22H36N2O3S2. The van der Waals surface area contributed by atoms with Crippen molar-refractivity contribution in [2.45, 2.75) is 81.6 Å². The lowest BCUT2D eigenvalue weighted by Gasteiger charge is -2.29. The lowest BCUT2D eigenvalue weighted by Crippen LogP contribution is -2.42. The van der Waals surface area contributed by atoms with Crippen LogP contribution in [0.1, 0.15) is 71.1 Å². The van der Waals surface area contributed by atoms with Crippen molar-refractivity contribution in [1.82, 2.24) is 10.6 Å². The van der Waals surface area contributed by atoms with Crippen LogP contribution in [0.2, 0.25) is 0 Å². The molecule has 4 atom stereocenters. The van der Waals surface area contributed by atoms with Crippen molar-refractivity contribution in [3.8, 4) is 0 Å². The van der Waals surface area contributed by atoms with Crippen LogP contribution in [0.5, 0.6) is 0 Å². The zero-order valence-electron chi connectivity index (χ0n) is 17.5. The van der Waals surface area contributed by atoms with E-state index < -0.39 is 5.97 Å². The van der Waals surface area contributed by atoms with Crippen LogP contribution in [0, 0.1) is 11.8 Å². The number of fused-ring (bicyclic) bond motifs is 2. The van der Waals surface area contributed by atoms with Gasteiger partial charge in [-0.15, -0.1) is 0 Å². The van der Waals surface area contributed by atoms with Crippen LogP contribution >= 0.6 is 24.0 Å². The molecule has 29 heavy (non-hydrogen) atoms. The highest BCUT2D eigenvalue weighted by Crippen LogP contribution is 2.54. The smallest absolute Gasteiger partial charge is 0.303 e. The Labute approximate surface area is 184 Å². The first-order chi connectivity index (χ1) is 14.0. The second kappa shape index (κ2) is 13.3. The van der Waals surface area contributed by atoms with E-state index in [-0.39, 0.29) is 18.9 Å². The van der Waals surface area contributed by atoms with Gasteiger partial charge in [0.1, 0.15) is 0 Å². The van der Waals surface area contributed by atoms with Crippen LogP contribution < -0.4 is 10.6 Å². The topological polar surface area (TPSA) is 78.4 Å². The number of thiocarbonyl (C=S) groups is 1. The average molecular weight is 441 g/mol. The molecule has 0 radical (unpaired) electrons. The number of amides is 1. The summed E-state index contributed by atoms with van der Waals surface area (Å²) in [4.78, 5) is 23.6. The molecule has 2 aliphatic rings. The van der Waals surface area contributed by atoms with Crippen LogP contribution in [0.3, 0.4) is 0 Å². The summed E-state index contributed by atoms with van der Waals surface area (Å²) in [5.74, 6) is 0.439. The third kappa shape index (κ3) is 8.67. The number of aliphatic carboxylic acids is 1. The van der Waals surface area contributed by atoms with Crippen molar-refractivity contribution in [1.29, 1.82) is 0 Å². The Balaban J connectivity index is 1.68. The van der Waals surface area contributed by atoms with Gasteiger partial charge < -0.3 is 15.7 Å². The number of unbranched alkanes of at least 4 members (excludes halogenated alkanes) is 3. The zero-order valence-corrected chi connectivity index (χ0v) is 19.2. The fourth-order valence-electron chi connectivity index (χ4n) is 4.32. The minimum atomic E-state index is -0.727. The maximum absolute atomic E-state index is 12.2. The maximum atomic E-state index is 12.2. The van der Waals surface area contributed by atoms with E-state index >= 15 is 0 Å². The highest BCUT2D eigenvalue weighted by molar-refractivity contribution is 8.01. The molecule has 0 unspecified atom stereocenters. The Kier molecular flexibility index (Phi) is 11.1. The maximum Gasteiger partial charge on any atom is 0.303 e. The van der Waals surface area contributed by atoms with Crippen molar-refractivity contribution in [2.75, 3.05) is 13.1 Å². The monoisotopic (exact) mass is 440 g/mol. The molecule has 0 saturated carbocycles. The third-order valence-electron chi connectivity index (χ3n) is 5.92. The van der Waals surface area contributed by atoms with Gasteiger partial charge in [0.15, 0.2) is 0 Å². The molecule has 0 aromatic rings. The van der Waals surface area contributed by atoms with Crippen molar-refractivity contribution in [3.63, 3.8) is 0 Å². The molecule has 1 amide bonds. The van der Waals surface area contributed by atoms with Gasteiger partial charge in [-0.25, -0.2) is 0 Å². The summed E-state index contributed by atoms with van der Waals surface area (Å²) in [5.41, 5.74) is 0. The highest BCUT2D eigenvalue weighted by atomic mass is 32.2. The molecule has 2 heterocycles. The van der Waals surface area contributed by atoms with Gasteiger partial charge in [-0.3, -0.25) is 9.59 Å².